The van der Waals surface area contributed by atoms with Crippen LogP contribution in [0.5, 0.6) is 0 Å². The number of anilines is 1. The van der Waals surface area contributed by atoms with Gasteiger partial charge in [-0.05, 0) is 18.2 Å². The highest BCUT2D eigenvalue weighted by Crippen LogP contribution is 2.34. The van der Waals surface area contributed by atoms with E-state index in [1.54, 1.807) is 0 Å². The van der Waals surface area contributed by atoms with E-state index in [2.05, 4.69) is 10.6 Å². The molecule has 1 aromatic heterocycles. The fourth-order valence-corrected chi connectivity index (χ4v) is 3.61. The summed E-state index contributed by atoms with van der Waals surface area (Å²) in [5.41, 5.74) is 1.04. The smallest absolute Gasteiger partial charge is 0.262 e. The second-order valence-corrected chi connectivity index (χ2v) is 6.22. The van der Waals surface area contributed by atoms with E-state index >= 15 is 0 Å². The minimum atomic E-state index is -0.124. The van der Waals surface area contributed by atoms with Gasteiger partial charge in [0.2, 0.25) is 0 Å². The Balaban J connectivity index is 1.58. The molecule has 22 heavy (non-hydrogen) atoms. The number of halogens is 1. The van der Waals surface area contributed by atoms with E-state index in [9.17, 15) is 4.79 Å². The van der Waals surface area contributed by atoms with Crippen LogP contribution in [0.25, 0.3) is 10.1 Å². The summed E-state index contributed by atoms with van der Waals surface area (Å²) < 4.78 is 1.03. The molecule has 5 heteroatoms. The van der Waals surface area contributed by atoms with Crippen molar-refractivity contribution in [3.8, 4) is 0 Å². The lowest BCUT2D eigenvalue weighted by atomic mass is 10.2. The van der Waals surface area contributed by atoms with Crippen molar-refractivity contribution in [3.05, 3.63) is 64.5 Å². The van der Waals surface area contributed by atoms with Gasteiger partial charge in [0, 0.05) is 28.9 Å². The minimum absolute atomic E-state index is 0.124. The molecule has 0 aliphatic carbocycles. The van der Waals surface area contributed by atoms with Crippen LogP contribution >= 0.6 is 22.9 Å². The molecule has 0 bridgehead atoms. The molecule has 0 spiro atoms. The lowest BCUT2D eigenvalue weighted by Gasteiger charge is -2.07. The van der Waals surface area contributed by atoms with Crippen LogP contribution in [-0.4, -0.2) is 19.0 Å². The van der Waals surface area contributed by atoms with Crippen LogP contribution < -0.4 is 10.6 Å². The molecule has 0 unspecified atom stereocenters. The minimum Gasteiger partial charge on any atom is -0.383 e. The van der Waals surface area contributed by atoms with Gasteiger partial charge in [0.1, 0.15) is 4.88 Å². The van der Waals surface area contributed by atoms with Crippen molar-refractivity contribution >= 4 is 44.6 Å². The number of thiophene rings is 1. The number of fused-ring (bicyclic) bond motifs is 1. The van der Waals surface area contributed by atoms with E-state index in [-0.39, 0.29) is 5.91 Å². The molecule has 0 atom stereocenters. The monoisotopic (exact) mass is 330 g/mol. The van der Waals surface area contributed by atoms with Crippen molar-refractivity contribution in [2.24, 2.45) is 0 Å². The molecule has 112 valence electrons. The molecule has 0 saturated carbocycles. The average molecular weight is 331 g/mol. The fourth-order valence-electron chi connectivity index (χ4n) is 2.18. The van der Waals surface area contributed by atoms with Crippen LogP contribution in [0.2, 0.25) is 5.02 Å². The van der Waals surface area contributed by atoms with Gasteiger partial charge in [0.15, 0.2) is 0 Å². The van der Waals surface area contributed by atoms with Gasteiger partial charge in [-0.1, -0.05) is 48.0 Å². The number of amides is 1. The zero-order chi connectivity index (χ0) is 15.4. The summed E-state index contributed by atoms with van der Waals surface area (Å²) in [5, 5.41) is 7.61. The first-order valence-corrected chi connectivity index (χ1v) is 8.19. The van der Waals surface area contributed by atoms with Crippen LogP contribution in [0.3, 0.4) is 0 Å². The molecule has 0 fully saturated rings. The average Bonchev–Trinajstić information content (AvgIpc) is 2.90. The quantitative estimate of drug-likeness (QED) is 0.681. The van der Waals surface area contributed by atoms with E-state index < -0.39 is 0 Å². The third-order valence-electron chi connectivity index (χ3n) is 3.25. The Labute approximate surface area is 137 Å². The standard InChI is InChI=1S/C17H15ClN2OS/c18-15-13-8-4-5-9-14(13)22-16(15)17(21)20-11-10-19-12-6-2-1-3-7-12/h1-9,19H,10-11H2,(H,20,21). The van der Waals surface area contributed by atoms with Gasteiger partial charge in [-0.15, -0.1) is 11.3 Å². The maximum absolute atomic E-state index is 12.2. The number of hydrogen-bond acceptors (Lipinski definition) is 3. The number of benzene rings is 2. The topological polar surface area (TPSA) is 41.1 Å². The second kappa shape index (κ2) is 6.81. The molecule has 0 aliphatic heterocycles. The number of rotatable bonds is 5. The number of carbonyl (C=O) groups excluding carboxylic acids is 1. The molecular weight excluding hydrogens is 316 g/mol. The largest absolute Gasteiger partial charge is 0.383 e. The van der Waals surface area contributed by atoms with Gasteiger partial charge in [0.25, 0.3) is 5.91 Å². The van der Waals surface area contributed by atoms with Crippen molar-refractivity contribution in [1.29, 1.82) is 0 Å². The third-order valence-corrected chi connectivity index (χ3v) is 4.93. The Morgan fingerprint density at radius 3 is 2.50 bits per heavy atom. The molecule has 1 heterocycles. The van der Waals surface area contributed by atoms with E-state index in [0.29, 0.717) is 23.0 Å². The highest BCUT2D eigenvalue weighted by molar-refractivity contribution is 7.21. The van der Waals surface area contributed by atoms with Crippen molar-refractivity contribution in [1.82, 2.24) is 5.32 Å². The molecule has 1 amide bonds. The lowest BCUT2D eigenvalue weighted by Crippen LogP contribution is -2.28. The maximum atomic E-state index is 12.2. The maximum Gasteiger partial charge on any atom is 0.262 e. The van der Waals surface area contributed by atoms with Gasteiger partial charge in [0.05, 0.1) is 5.02 Å². The summed E-state index contributed by atoms with van der Waals surface area (Å²) in [6.07, 6.45) is 0. The molecule has 3 aromatic rings. The number of nitrogens with one attached hydrogen (secondary N) is 2. The summed E-state index contributed by atoms with van der Waals surface area (Å²) in [6, 6.07) is 17.7. The first-order chi connectivity index (χ1) is 10.8. The van der Waals surface area contributed by atoms with E-state index in [0.717, 1.165) is 15.8 Å². The van der Waals surface area contributed by atoms with Crippen LogP contribution in [0.1, 0.15) is 9.67 Å². The molecule has 2 aromatic carbocycles. The Bertz CT molecular complexity index is 786. The van der Waals surface area contributed by atoms with Gasteiger partial charge in [-0.2, -0.15) is 0 Å². The zero-order valence-electron chi connectivity index (χ0n) is 11.8. The predicted molar refractivity (Wildman–Crippen MR) is 94.1 cm³/mol. The van der Waals surface area contributed by atoms with Crippen molar-refractivity contribution in [2.75, 3.05) is 18.4 Å². The van der Waals surface area contributed by atoms with E-state index in [4.69, 9.17) is 11.6 Å². The molecule has 0 saturated heterocycles. The number of carbonyl (C=O) groups is 1. The van der Waals surface area contributed by atoms with Crippen molar-refractivity contribution in [2.45, 2.75) is 0 Å². The van der Waals surface area contributed by atoms with Crippen molar-refractivity contribution < 1.29 is 4.79 Å². The Morgan fingerprint density at radius 1 is 1.00 bits per heavy atom. The first-order valence-electron chi connectivity index (χ1n) is 7.00. The lowest BCUT2D eigenvalue weighted by molar-refractivity contribution is 0.0959. The molecular formula is C17H15ClN2OS. The van der Waals surface area contributed by atoms with Gasteiger partial charge in [-0.25, -0.2) is 0 Å². The summed E-state index contributed by atoms with van der Waals surface area (Å²) in [4.78, 5) is 12.8. The summed E-state index contributed by atoms with van der Waals surface area (Å²) in [6.45, 7) is 1.20. The highest BCUT2D eigenvalue weighted by atomic mass is 35.5. The van der Waals surface area contributed by atoms with Crippen LogP contribution in [0, 0.1) is 0 Å². The Kier molecular flexibility index (Phi) is 4.61. The van der Waals surface area contributed by atoms with Gasteiger partial charge in [-0.3, -0.25) is 4.79 Å². The SMILES string of the molecule is O=C(NCCNc1ccccc1)c1sc2ccccc2c1Cl. The zero-order valence-corrected chi connectivity index (χ0v) is 13.4. The van der Waals surface area contributed by atoms with Crippen LogP contribution in [0.4, 0.5) is 5.69 Å². The summed E-state index contributed by atoms with van der Waals surface area (Å²) in [5.74, 6) is -0.124. The van der Waals surface area contributed by atoms with Gasteiger partial charge >= 0.3 is 0 Å². The molecule has 0 radical (unpaired) electrons. The summed E-state index contributed by atoms with van der Waals surface area (Å²) in [7, 11) is 0. The predicted octanol–water partition coefficient (Wildman–Crippen LogP) is 4.40. The Hall–Kier alpha value is -2.04. The van der Waals surface area contributed by atoms with Gasteiger partial charge < -0.3 is 10.6 Å². The molecule has 2 N–H and O–H groups in total. The summed E-state index contributed by atoms with van der Waals surface area (Å²) >= 11 is 7.72. The van der Waals surface area contributed by atoms with Crippen molar-refractivity contribution in [3.63, 3.8) is 0 Å². The fraction of sp³-hybridized carbons (Fsp3) is 0.118. The first kappa shape index (κ1) is 14.9. The second-order valence-electron chi connectivity index (χ2n) is 4.79. The van der Waals surface area contributed by atoms with Crippen LogP contribution in [-0.2, 0) is 0 Å². The normalized spacial score (nSPS) is 10.6. The van der Waals surface area contributed by atoms with E-state index in [1.165, 1.54) is 11.3 Å². The molecule has 3 rings (SSSR count). The Morgan fingerprint density at radius 2 is 1.73 bits per heavy atom. The molecule has 3 nitrogen and oxygen atoms in total. The third kappa shape index (κ3) is 3.24. The van der Waals surface area contributed by atoms with E-state index in [1.807, 2.05) is 54.6 Å². The molecule has 0 aliphatic rings. The highest BCUT2D eigenvalue weighted by Gasteiger charge is 2.16. The number of hydrogen-bond donors (Lipinski definition) is 2. The van der Waals surface area contributed by atoms with Crippen LogP contribution in [0.15, 0.2) is 54.6 Å². The number of para-hydroxylation sites is 1.